The molecule has 0 saturated heterocycles. The molecule has 0 amide bonds. The second-order valence-corrected chi connectivity index (χ2v) is 3.90. The van der Waals surface area contributed by atoms with Gasteiger partial charge in [-0.05, 0) is 6.92 Å². The number of nitrogens with one attached hydrogen (secondary N) is 1. The molecule has 17 heavy (non-hydrogen) atoms. The molecule has 0 radical (unpaired) electrons. The van der Waals surface area contributed by atoms with Crippen LogP contribution in [0.25, 0.3) is 0 Å². The fraction of sp³-hybridized carbons (Fsp3) is 0.273. The predicted molar refractivity (Wildman–Crippen MR) is 64.6 cm³/mol. The SMILES string of the molecule is C#CCC(C)Nc1cc(F)c(Cl)cc1[N+](=O)[O-]. The molecule has 4 nitrogen and oxygen atoms in total. The topological polar surface area (TPSA) is 55.2 Å². The number of benzene rings is 1. The molecule has 90 valence electrons. The van der Waals surface area contributed by atoms with Crippen molar-refractivity contribution < 1.29 is 9.31 Å². The van der Waals surface area contributed by atoms with E-state index in [2.05, 4.69) is 11.2 Å². The number of rotatable bonds is 4. The highest BCUT2D eigenvalue weighted by molar-refractivity contribution is 6.31. The Bertz CT molecular complexity index is 485. The van der Waals surface area contributed by atoms with Crippen LogP contribution >= 0.6 is 11.6 Å². The van der Waals surface area contributed by atoms with Gasteiger partial charge in [0.15, 0.2) is 0 Å². The number of nitro benzene ring substituents is 1. The largest absolute Gasteiger partial charge is 0.376 e. The van der Waals surface area contributed by atoms with Crippen molar-refractivity contribution in [3.63, 3.8) is 0 Å². The highest BCUT2D eigenvalue weighted by Crippen LogP contribution is 2.30. The molecule has 1 rings (SSSR count). The molecule has 0 aromatic heterocycles. The number of terminal acetylenes is 1. The van der Waals surface area contributed by atoms with Crippen LogP contribution in [-0.4, -0.2) is 11.0 Å². The molecular formula is C11H10ClFN2O2. The Morgan fingerprint density at radius 3 is 2.88 bits per heavy atom. The minimum absolute atomic E-state index is 0.0691. The quantitative estimate of drug-likeness (QED) is 0.511. The number of nitro groups is 1. The Labute approximate surface area is 103 Å². The van der Waals surface area contributed by atoms with E-state index in [1.54, 1.807) is 6.92 Å². The number of hydrogen-bond donors (Lipinski definition) is 1. The van der Waals surface area contributed by atoms with Gasteiger partial charge >= 0.3 is 0 Å². The summed E-state index contributed by atoms with van der Waals surface area (Å²) < 4.78 is 13.2. The summed E-state index contributed by atoms with van der Waals surface area (Å²) in [7, 11) is 0. The number of nitrogens with zero attached hydrogens (tertiary/aromatic N) is 1. The molecule has 1 unspecified atom stereocenters. The molecule has 6 heteroatoms. The van der Waals surface area contributed by atoms with Crippen molar-refractivity contribution in [1.29, 1.82) is 0 Å². The Morgan fingerprint density at radius 2 is 2.35 bits per heavy atom. The van der Waals surface area contributed by atoms with E-state index in [0.29, 0.717) is 6.42 Å². The van der Waals surface area contributed by atoms with Gasteiger partial charge in [0.25, 0.3) is 5.69 Å². The minimum Gasteiger partial charge on any atom is -0.376 e. The van der Waals surface area contributed by atoms with Crippen LogP contribution in [0.3, 0.4) is 0 Å². The second kappa shape index (κ2) is 5.51. The molecule has 1 aromatic carbocycles. The minimum atomic E-state index is -0.715. The van der Waals surface area contributed by atoms with Crippen LogP contribution in [-0.2, 0) is 0 Å². The van der Waals surface area contributed by atoms with Crippen LogP contribution in [0, 0.1) is 28.3 Å². The maximum Gasteiger partial charge on any atom is 0.294 e. The maximum atomic E-state index is 13.2. The zero-order valence-corrected chi connectivity index (χ0v) is 9.79. The van der Waals surface area contributed by atoms with E-state index < -0.39 is 10.7 Å². The maximum absolute atomic E-state index is 13.2. The van der Waals surface area contributed by atoms with Crippen LogP contribution in [0.5, 0.6) is 0 Å². The van der Waals surface area contributed by atoms with E-state index in [-0.39, 0.29) is 22.4 Å². The van der Waals surface area contributed by atoms with Gasteiger partial charge in [-0.2, -0.15) is 0 Å². The third-order valence-corrected chi connectivity index (χ3v) is 2.35. The molecule has 0 saturated carbocycles. The highest BCUT2D eigenvalue weighted by atomic mass is 35.5. The van der Waals surface area contributed by atoms with Gasteiger partial charge in [0.05, 0.1) is 9.95 Å². The van der Waals surface area contributed by atoms with Crippen molar-refractivity contribution in [2.45, 2.75) is 19.4 Å². The summed E-state index contributed by atoms with van der Waals surface area (Å²) in [5.74, 6) is 1.70. The Hall–Kier alpha value is -1.80. The van der Waals surface area contributed by atoms with E-state index >= 15 is 0 Å². The molecule has 0 aliphatic rings. The summed E-state index contributed by atoms with van der Waals surface area (Å²) in [6.45, 7) is 1.75. The lowest BCUT2D eigenvalue weighted by molar-refractivity contribution is -0.384. The smallest absolute Gasteiger partial charge is 0.294 e. The Kier molecular flexibility index (Phi) is 4.30. The van der Waals surface area contributed by atoms with Gasteiger partial charge in [-0.25, -0.2) is 4.39 Å². The van der Waals surface area contributed by atoms with Crippen LogP contribution in [0.4, 0.5) is 15.8 Å². The zero-order valence-electron chi connectivity index (χ0n) is 9.04. The van der Waals surface area contributed by atoms with Gasteiger partial charge in [-0.3, -0.25) is 10.1 Å². The predicted octanol–water partition coefficient (Wildman–Crippen LogP) is 3.21. The zero-order chi connectivity index (χ0) is 13.0. The summed E-state index contributed by atoms with van der Waals surface area (Å²) in [5.41, 5.74) is -0.208. The van der Waals surface area contributed by atoms with E-state index in [0.717, 1.165) is 12.1 Å². The summed E-state index contributed by atoms with van der Waals surface area (Å²) in [4.78, 5) is 10.1. The molecule has 1 aromatic rings. The summed E-state index contributed by atoms with van der Waals surface area (Å²) >= 11 is 5.49. The summed E-state index contributed by atoms with van der Waals surface area (Å²) in [6.07, 6.45) is 5.49. The van der Waals surface area contributed by atoms with Gasteiger partial charge in [0, 0.05) is 24.6 Å². The molecule has 0 aliphatic heterocycles. The van der Waals surface area contributed by atoms with Gasteiger partial charge < -0.3 is 5.32 Å². The van der Waals surface area contributed by atoms with Crippen molar-refractivity contribution in [1.82, 2.24) is 0 Å². The number of hydrogen-bond acceptors (Lipinski definition) is 3. The Morgan fingerprint density at radius 1 is 1.71 bits per heavy atom. The number of halogens is 2. The standard InChI is InChI=1S/C11H10ClFN2O2/c1-3-4-7(2)14-10-6-9(13)8(12)5-11(10)15(16)17/h1,5-7,14H,4H2,2H3. The molecule has 0 bridgehead atoms. The van der Waals surface area contributed by atoms with Crippen LogP contribution < -0.4 is 5.32 Å². The van der Waals surface area contributed by atoms with Crippen LogP contribution in [0.15, 0.2) is 12.1 Å². The van der Waals surface area contributed by atoms with E-state index in [1.807, 2.05) is 0 Å². The second-order valence-electron chi connectivity index (χ2n) is 3.49. The fourth-order valence-corrected chi connectivity index (χ4v) is 1.45. The molecule has 0 fully saturated rings. The molecule has 0 spiro atoms. The first-order chi connectivity index (χ1) is 7.95. The average molecular weight is 257 g/mol. The average Bonchev–Trinajstić information content (AvgIpc) is 2.23. The third kappa shape index (κ3) is 3.33. The van der Waals surface area contributed by atoms with Gasteiger partial charge in [0.1, 0.15) is 11.5 Å². The van der Waals surface area contributed by atoms with Gasteiger partial charge in [-0.1, -0.05) is 11.6 Å². The monoisotopic (exact) mass is 256 g/mol. The normalized spacial score (nSPS) is 11.6. The Balaban J connectivity index is 3.09. The van der Waals surface area contributed by atoms with Crippen molar-refractivity contribution in [2.24, 2.45) is 0 Å². The van der Waals surface area contributed by atoms with Gasteiger partial charge in [0.2, 0.25) is 0 Å². The highest BCUT2D eigenvalue weighted by Gasteiger charge is 2.18. The van der Waals surface area contributed by atoms with Gasteiger partial charge in [-0.15, -0.1) is 12.3 Å². The lowest BCUT2D eigenvalue weighted by Gasteiger charge is -2.12. The van der Waals surface area contributed by atoms with Crippen molar-refractivity contribution in [3.05, 3.63) is 33.1 Å². The first-order valence-electron chi connectivity index (χ1n) is 4.79. The number of anilines is 1. The molecule has 0 heterocycles. The third-order valence-electron chi connectivity index (χ3n) is 2.06. The summed E-state index contributed by atoms with van der Waals surface area (Å²) in [5, 5.41) is 13.3. The van der Waals surface area contributed by atoms with E-state index in [1.165, 1.54) is 0 Å². The molecule has 1 atom stereocenters. The fourth-order valence-electron chi connectivity index (χ4n) is 1.30. The lowest BCUT2D eigenvalue weighted by Crippen LogP contribution is -2.15. The van der Waals surface area contributed by atoms with Crippen molar-refractivity contribution in [3.8, 4) is 12.3 Å². The first kappa shape index (κ1) is 13.3. The first-order valence-corrected chi connectivity index (χ1v) is 5.17. The van der Waals surface area contributed by atoms with Crippen LogP contribution in [0.1, 0.15) is 13.3 Å². The van der Waals surface area contributed by atoms with E-state index in [9.17, 15) is 14.5 Å². The van der Waals surface area contributed by atoms with Crippen molar-refractivity contribution >= 4 is 23.0 Å². The molecular weight excluding hydrogens is 247 g/mol. The summed E-state index contributed by atoms with van der Waals surface area (Å²) in [6, 6.07) is 1.77. The molecule has 1 N–H and O–H groups in total. The molecule has 0 aliphatic carbocycles. The van der Waals surface area contributed by atoms with Crippen molar-refractivity contribution in [2.75, 3.05) is 5.32 Å². The van der Waals surface area contributed by atoms with E-state index in [4.69, 9.17) is 18.0 Å². The lowest BCUT2D eigenvalue weighted by atomic mass is 10.2. The van der Waals surface area contributed by atoms with Crippen LogP contribution in [0.2, 0.25) is 5.02 Å².